The average molecular weight is 341 g/mol. The van der Waals surface area contributed by atoms with Crippen LogP contribution < -0.4 is 5.32 Å². The number of rotatable bonds is 8. The van der Waals surface area contributed by atoms with E-state index < -0.39 is 6.10 Å². The molecule has 6 heteroatoms. The normalized spacial score (nSPS) is 17.0. The highest BCUT2D eigenvalue weighted by atomic mass is 35.5. The van der Waals surface area contributed by atoms with Crippen LogP contribution in [0.2, 0.25) is 5.02 Å². The molecule has 1 aliphatic rings. The van der Waals surface area contributed by atoms with E-state index in [-0.39, 0.29) is 5.91 Å². The molecule has 128 valence electrons. The number of nitrogens with one attached hydrogen (secondary N) is 1. The van der Waals surface area contributed by atoms with Crippen molar-refractivity contribution in [3.63, 3.8) is 0 Å². The van der Waals surface area contributed by atoms with Crippen molar-refractivity contribution in [3.05, 3.63) is 34.9 Å². The lowest BCUT2D eigenvalue weighted by atomic mass is 10.1. The fourth-order valence-corrected chi connectivity index (χ4v) is 2.70. The van der Waals surface area contributed by atoms with E-state index in [2.05, 4.69) is 10.2 Å². The molecule has 2 rings (SSSR count). The Bertz CT molecular complexity index is 475. The molecule has 23 heavy (non-hydrogen) atoms. The molecule has 0 radical (unpaired) electrons. The van der Waals surface area contributed by atoms with Crippen LogP contribution in [0.3, 0.4) is 0 Å². The molecular weight excluding hydrogens is 316 g/mol. The monoisotopic (exact) mass is 340 g/mol. The number of carbonyl (C=O) groups excluding carboxylic acids is 1. The largest absolute Gasteiger partial charge is 0.390 e. The highest BCUT2D eigenvalue weighted by Crippen LogP contribution is 2.11. The lowest BCUT2D eigenvalue weighted by Gasteiger charge is -2.28. The van der Waals surface area contributed by atoms with E-state index in [1.165, 1.54) is 5.56 Å². The second kappa shape index (κ2) is 9.88. The van der Waals surface area contributed by atoms with Crippen LogP contribution in [0.5, 0.6) is 0 Å². The molecule has 0 aliphatic carbocycles. The highest BCUT2D eigenvalue weighted by molar-refractivity contribution is 6.30. The number of hydrogen-bond donors (Lipinski definition) is 2. The standard InChI is InChI=1S/C17H25ClN2O3/c18-15-6-4-14(5-7-15)2-1-3-17(22)19-12-16(21)13-20-8-10-23-11-9-20/h4-7,16,21H,1-3,8-13H2,(H,19,22). The van der Waals surface area contributed by atoms with Crippen LogP contribution in [0.25, 0.3) is 0 Å². The molecule has 2 N–H and O–H groups in total. The maximum atomic E-state index is 11.8. The summed E-state index contributed by atoms with van der Waals surface area (Å²) < 4.78 is 5.27. The molecule has 1 unspecified atom stereocenters. The molecule has 1 amide bonds. The van der Waals surface area contributed by atoms with Crippen molar-refractivity contribution >= 4 is 17.5 Å². The first-order chi connectivity index (χ1) is 11.1. The van der Waals surface area contributed by atoms with Crippen LogP contribution in [0, 0.1) is 0 Å². The van der Waals surface area contributed by atoms with Crippen LogP contribution in [0.4, 0.5) is 0 Å². The van der Waals surface area contributed by atoms with Crippen LogP contribution in [-0.2, 0) is 16.0 Å². The molecule has 1 heterocycles. The number of amides is 1. The Hall–Kier alpha value is -1.14. The minimum Gasteiger partial charge on any atom is -0.390 e. The van der Waals surface area contributed by atoms with Gasteiger partial charge in [-0.3, -0.25) is 9.69 Å². The van der Waals surface area contributed by atoms with E-state index in [0.29, 0.717) is 32.7 Å². The molecule has 0 bridgehead atoms. The van der Waals surface area contributed by atoms with Crippen LogP contribution in [-0.4, -0.2) is 61.4 Å². The summed E-state index contributed by atoms with van der Waals surface area (Å²) in [6.07, 6.45) is 1.56. The Labute approximate surface area is 142 Å². The minimum atomic E-state index is -0.534. The Morgan fingerprint density at radius 2 is 2.00 bits per heavy atom. The van der Waals surface area contributed by atoms with Gasteiger partial charge >= 0.3 is 0 Å². The summed E-state index contributed by atoms with van der Waals surface area (Å²) in [4.78, 5) is 14.0. The Kier molecular flexibility index (Phi) is 7.82. The third kappa shape index (κ3) is 7.31. The summed E-state index contributed by atoms with van der Waals surface area (Å²) in [7, 11) is 0. The predicted octanol–water partition coefficient (Wildman–Crippen LogP) is 1.47. The van der Waals surface area contributed by atoms with Crippen molar-refractivity contribution in [2.75, 3.05) is 39.4 Å². The first-order valence-corrected chi connectivity index (χ1v) is 8.50. The van der Waals surface area contributed by atoms with Crippen molar-refractivity contribution in [1.29, 1.82) is 0 Å². The van der Waals surface area contributed by atoms with E-state index >= 15 is 0 Å². The molecule has 1 saturated heterocycles. The van der Waals surface area contributed by atoms with Gasteiger partial charge in [-0.2, -0.15) is 0 Å². The molecule has 0 aromatic heterocycles. The van der Waals surface area contributed by atoms with E-state index in [4.69, 9.17) is 16.3 Å². The van der Waals surface area contributed by atoms with Gasteiger partial charge in [0.25, 0.3) is 0 Å². The molecule has 1 aromatic carbocycles. The molecule has 1 fully saturated rings. The van der Waals surface area contributed by atoms with Gasteiger partial charge in [-0.15, -0.1) is 0 Å². The summed E-state index contributed by atoms with van der Waals surface area (Å²) >= 11 is 5.84. The van der Waals surface area contributed by atoms with E-state index in [9.17, 15) is 9.90 Å². The van der Waals surface area contributed by atoms with E-state index in [1.54, 1.807) is 0 Å². The van der Waals surface area contributed by atoms with E-state index in [0.717, 1.165) is 31.0 Å². The lowest BCUT2D eigenvalue weighted by Crippen LogP contribution is -2.44. The van der Waals surface area contributed by atoms with Crippen LogP contribution in [0.15, 0.2) is 24.3 Å². The zero-order chi connectivity index (χ0) is 16.5. The summed E-state index contributed by atoms with van der Waals surface area (Å²) in [6, 6.07) is 7.68. The Morgan fingerprint density at radius 1 is 1.30 bits per heavy atom. The van der Waals surface area contributed by atoms with Crippen LogP contribution in [0.1, 0.15) is 18.4 Å². The molecule has 1 aliphatic heterocycles. The first-order valence-electron chi connectivity index (χ1n) is 8.13. The molecule has 0 saturated carbocycles. The number of morpholine rings is 1. The SMILES string of the molecule is O=C(CCCc1ccc(Cl)cc1)NCC(O)CN1CCOCC1. The number of aliphatic hydroxyl groups excluding tert-OH is 1. The third-order valence-electron chi connectivity index (χ3n) is 3.89. The zero-order valence-corrected chi connectivity index (χ0v) is 14.1. The van der Waals surface area contributed by atoms with Gasteiger partial charge in [0.1, 0.15) is 0 Å². The van der Waals surface area contributed by atoms with Gasteiger partial charge in [-0.25, -0.2) is 0 Å². The van der Waals surface area contributed by atoms with Crippen molar-refractivity contribution in [2.24, 2.45) is 0 Å². The Balaban J connectivity index is 1.56. The summed E-state index contributed by atoms with van der Waals surface area (Å²) in [6.45, 7) is 3.98. The summed E-state index contributed by atoms with van der Waals surface area (Å²) in [5.41, 5.74) is 1.18. The average Bonchev–Trinajstić information content (AvgIpc) is 2.56. The quantitative estimate of drug-likeness (QED) is 0.752. The van der Waals surface area contributed by atoms with Crippen molar-refractivity contribution in [1.82, 2.24) is 10.2 Å². The van der Waals surface area contributed by atoms with Crippen LogP contribution >= 0.6 is 11.6 Å². The predicted molar refractivity (Wildman–Crippen MR) is 90.7 cm³/mol. The van der Waals surface area contributed by atoms with Crippen molar-refractivity contribution in [2.45, 2.75) is 25.4 Å². The number of ether oxygens (including phenoxy) is 1. The van der Waals surface area contributed by atoms with Crippen molar-refractivity contribution < 1.29 is 14.6 Å². The summed E-state index contributed by atoms with van der Waals surface area (Å²) in [5.74, 6) is -0.0139. The highest BCUT2D eigenvalue weighted by Gasteiger charge is 2.15. The van der Waals surface area contributed by atoms with Gasteiger partial charge < -0.3 is 15.2 Å². The minimum absolute atomic E-state index is 0.0139. The maximum absolute atomic E-state index is 11.8. The van der Waals surface area contributed by atoms with Gasteiger partial charge in [0, 0.05) is 37.6 Å². The third-order valence-corrected chi connectivity index (χ3v) is 4.14. The summed E-state index contributed by atoms with van der Waals surface area (Å²) in [5, 5.41) is 13.5. The molecular formula is C17H25ClN2O3. The molecule has 1 aromatic rings. The van der Waals surface area contributed by atoms with Crippen molar-refractivity contribution in [3.8, 4) is 0 Å². The second-order valence-electron chi connectivity index (χ2n) is 5.85. The smallest absolute Gasteiger partial charge is 0.220 e. The number of hydrogen-bond acceptors (Lipinski definition) is 4. The van der Waals surface area contributed by atoms with Gasteiger partial charge in [-0.05, 0) is 30.5 Å². The second-order valence-corrected chi connectivity index (χ2v) is 6.29. The number of carbonyl (C=O) groups is 1. The molecule has 5 nitrogen and oxygen atoms in total. The first kappa shape index (κ1) is 18.2. The fraction of sp³-hybridized carbons (Fsp3) is 0.588. The maximum Gasteiger partial charge on any atom is 0.220 e. The molecule has 0 spiro atoms. The van der Waals surface area contributed by atoms with E-state index in [1.807, 2.05) is 24.3 Å². The lowest BCUT2D eigenvalue weighted by molar-refractivity contribution is -0.121. The fourth-order valence-electron chi connectivity index (χ4n) is 2.57. The topological polar surface area (TPSA) is 61.8 Å². The number of aliphatic hydroxyl groups is 1. The number of benzene rings is 1. The number of halogens is 1. The zero-order valence-electron chi connectivity index (χ0n) is 13.3. The van der Waals surface area contributed by atoms with Gasteiger partial charge in [0.2, 0.25) is 5.91 Å². The number of β-amino-alcohol motifs (C(OH)–C–C–N with tert-alkyl or cyclic N) is 1. The van der Waals surface area contributed by atoms with Gasteiger partial charge in [0.15, 0.2) is 0 Å². The number of nitrogens with zero attached hydrogens (tertiary/aromatic N) is 1. The van der Waals surface area contributed by atoms with Gasteiger partial charge in [-0.1, -0.05) is 23.7 Å². The number of aryl methyl sites for hydroxylation is 1. The molecule has 1 atom stereocenters. The van der Waals surface area contributed by atoms with Gasteiger partial charge in [0.05, 0.1) is 19.3 Å². The Morgan fingerprint density at radius 3 is 2.70 bits per heavy atom.